The van der Waals surface area contributed by atoms with Gasteiger partial charge in [0.25, 0.3) is 11.7 Å². The van der Waals surface area contributed by atoms with Crippen molar-refractivity contribution in [1.29, 1.82) is 0 Å². The Labute approximate surface area is 212 Å². The average Bonchev–Trinajstić information content (AvgIpc) is 3.13. The molecular formula is C28H35NO7. The number of benzene rings is 2. The molecule has 1 unspecified atom stereocenters. The molecule has 1 aliphatic heterocycles. The SMILES string of the molecule is CCCCOc1ccc(C(O)=C2C(=O)C(=O)N(CCCOC)C2c2cccc(OC)c2OC)cc1C. The highest BCUT2D eigenvalue weighted by atomic mass is 16.5. The van der Waals surface area contributed by atoms with Gasteiger partial charge in [-0.2, -0.15) is 0 Å². The van der Waals surface area contributed by atoms with Crippen molar-refractivity contribution >= 4 is 17.4 Å². The fourth-order valence-electron chi connectivity index (χ4n) is 4.38. The van der Waals surface area contributed by atoms with E-state index in [2.05, 4.69) is 6.92 Å². The number of ketones is 1. The Balaban J connectivity index is 2.13. The summed E-state index contributed by atoms with van der Waals surface area (Å²) < 4.78 is 22.0. The summed E-state index contributed by atoms with van der Waals surface area (Å²) in [6.07, 6.45) is 2.49. The number of carbonyl (C=O) groups excluding carboxylic acids is 2. The van der Waals surface area contributed by atoms with Crippen LogP contribution in [0.25, 0.3) is 5.76 Å². The first-order valence-corrected chi connectivity index (χ1v) is 12.1. The first-order chi connectivity index (χ1) is 17.4. The molecule has 1 N–H and O–H groups in total. The summed E-state index contributed by atoms with van der Waals surface area (Å²) in [5, 5.41) is 11.4. The molecule has 0 spiro atoms. The van der Waals surface area contributed by atoms with Gasteiger partial charge >= 0.3 is 0 Å². The van der Waals surface area contributed by atoms with E-state index in [-0.39, 0.29) is 17.9 Å². The van der Waals surface area contributed by atoms with Crippen LogP contribution in [0.5, 0.6) is 17.2 Å². The average molecular weight is 498 g/mol. The van der Waals surface area contributed by atoms with E-state index in [0.29, 0.717) is 48.0 Å². The largest absolute Gasteiger partial charge is 0.507 e. The smallest absolute Gasteiger partial charge is 0.295 e. The van der Waals surface area contributed by atoms with E-state index < -0.39 is 17.7 Å². The summed E-state index contributed by atoms with van der Waals surface area (Å²) in [6.45, 7) is 5.26. The third-order valence-electron chi connectivity index (χ3n) is 6.22. The van der Waals surface area contributed by atoms with E-state index in [9.17, 15) is 14.7 Å². The molecule has 8 nitrogen and oxygen atoms in total. The molecule has 0 bridgehead atoms. The standard InChI is InChI=1S/C28H35NO7/c1-6-7-16-36-21-13-12-19(17-18(21)2)25(30)23-24(20-10-8-11-22(34-4)27(20)35-5)29(14-9-15-33-3)28(32)26(23)31/h8,10-13,17,24,30H,6-7,9,14-16H2,1-5H3. The Morgan fingerprint density at radius 3 is 2.42 bits per heavy atom. The fourth-order valence-corrected chi connectivity index (χ4v) is 4.38. The third kappa shape index (κ3) is 5.49. The molecule has 0 aliphatic carbocycles. The molecule has 1 fully saturated rings. The van der Waals surface area contributed by atoms with E-state index in [4.69, 9.17) is 18.9 Å². The van der Waals surface area contributed by atoms with Gasteiger partial charge in [0.1, 0.15) is 11.5 Å². The van der Waals surface area contributed by atoms with Gasteiger partial charge in [0.05, 0.1) is 32.4 Å². The molecule has 36 heavy (non-hydrogen) atoms. The normalized spacial score (nSPS) is 16.9. The lowest BCUT2D eigenvalue weighted by molar-refractivity contribution is -0.140. The van der Waals surface area contributed by atoms with E-state index in [0.717, 1.165) is 18.4 Å². The lowest BCUT2D eigenvalue weighted by atomic mass is 9.94. The van der Waals surface area contributed by atoms with Crippen LogP contribution in [0.1, 0.15) is 48.9 Å². The molecule has 0 saturated carbocycles. The van der Waals surface area contributed by atoms with Crippen molar-refractivity contribution in [2.75, 3.05) is 41.1 Å². The molecule has 1 atom stereocenters. The fraction of sp³-hybridized carbons (Fsp3) is 0.429. The number of nitrogens with zero attached hydrogens (tertiary/aromatic N) is 1. The van der Waals surface area contributed by atoms with Crippen molar-refractivity contribution in [1.82, 2.24) is 4.90 Å². The number of aliphatic hydroxyl groups excluding tert-OH is 1. The molecule has 2 aromatic rings. The number of amides is 1. The van der Waals surface area contributed by atoms with Crippen LogP contribution < -0.4 is 14.2 Å². The number of aliphatic hydroxyl groups is 1. The van der Waals surface area contributed by atoms with Crippen molar-refractivity contribution in [3.63, 3.8) is 0 Å². The monoisotopic (exact) mass is 497 g/mol. The van der Waals surface area contributed by atoms with Crippen LogP contribution in [0.4, 0.5) is 0 Å². The first-order valence-electron chi connectivity index (χ1n) is 12.1. The van der Waals surface area contributed by atoms with E-state index in [1.807, 2.05) is 6.92 Å². The molecule has 1 amide bonds. The van der Waals surface area contributed by atoms with Gasteiger partial charge in [0.15, 0.2) is 11.5 Å². The number of carbonyl (C=O) groups is 2. The highest BCUT2D eigenvalue weighted by Crippen LogP contribution is 2.45. The van der Waals surface area contributed by atoms with E-state index in [1.165, 1.54) is 19.1 Å². The number of rotatable bonds is 12. The number of methoxy groups -OCH3 is 3. The van der Waals surface area contributed by atoms with Crippen molar-refractivity contribution in [3.8, 4) is 17.2 Å². The molecular weight excluding hydrogens is 462 g/mol. The Morgan fingerprint density at radius 1 is 1.00 bits per heavy atom. The molecule has 1 heterocycles. The lowest BCUT2D eigenvalue weighted by Gasteiger charge is -2.27. The zero-order chi connectivity index (χ0) is 26.2. The van der Waals surface area contributed by atoms with Crippen LogP contribution in [-0.2, 0) is 14.3 Å². The number of Topliss-reactive ketones (excluding diaryl/α,β-unsaturated/α-hetero) is 1. The summed E-state index contributed by atoms with van der Waals surface area (Å²) in [4.78, 5) is 27.9. The maximum atomic E-state index is 13.3. The Kier molecular flexibility index (Phi) is 9.36. The van der Waals surface area contributed by atoms with Crippen molar-refractivity contribution < 1.29 is 33.6 Å². The number of unbranched alkanes of at least 4 members (excludes halogenated alkanes) is 1. The minimum Gasteiger partial charge on any atom is -0.507 e. The second-order valence-electron chi connectivity index (χ2n) is 8.60. The number of likely N-dealkylation sites (tertiary alicyclic amines) is 1. The number of hydrogen-bond acceptors (Lipinski definition) is 7. The number of aryl methyl sites for hydroxylation is 1. The van der Waals surface area contributed by atoms with E-state index in [1.54, 1.807) is 43.5 Å². The predicted molar refractivity (Wildman–Crippen MR) is 137 cm³/mol. The van der Waals surface area contributed by atoms with Gasteiger partial charge in [-0.25, -0.2) is 0 Å². The predicted octanol–water partition coefficient (Wildman–Crippen LogP) is 4.65. The number of hydrogen-bond donors (Lipinski definition) is 1. The maximum Gasteiger partial charge on any atom is 0.295 e. The summed E-state index contributed by atoms with van der Waals surface area (Å²) >= 11 is 0. The second kappa shape index (κ2) is 12.4. The van der Waals surface area contributed by atoms with Crippen molar-refractivity contribution in [2.45, 2.75) is 39.2 Å². The van der Waals surface area contributed by atoms with E-state index >= 15 is 0 Å². The lowest BCUT2D eigenvalue weighted by Crippen LogP contribution is -2.31. The number of para-hydroxylation sites is 1. The molecule has 0 radical (unpaired) electrons. The molecule has 194 valence electrons. The van der Waals surface area contributed by atoms with Crippen LogP contribution in [0.3, 0.4) is 0 Å². The highest BCUT2D eigenvalue weighted by Gasteiger charge is 2.47. The van der Waals surface area contributed by atoms with Gasteiger partial charge in [0.2, 0.25) is 0 Å². The minimum absolute atomic E-state index is 0.00280. The Morgan fingerprint density at radius 2 is 1.78 bits per heavy atom. The summed E-state index contributed by atoms with van der Waals surface area (Å²) in [6, 6.07) is 9.64. The van der Waals surface area contributed by atoms with Gasteiger partial charge in [-0.15, -0.1) is 0 Å². The Hall–Kier alpha value is -3.52. The maximum absolute atomic E-state index is 13.3. The third-order valence-corrected chi connectivity index (χ3v) is 6.22. The van der Waals surface area contributed by atoms with Crippen LogP contribution >= 0.6 is 0 Å². The Bertz CT molecular complexity index is 1120. The van der Waals surface area contributed by atoms with Gasteiger partial charge in [-0.3, -0.25) is 9.59 Å². The summed E-state index contributed by atoms with van der Waals surface area (Å²) in [7, 11) is 4.60. The van der Waals surface area contributed by atoms with Gasteiger partial charge in [-0.05, 0) is 49.6 Å². The molecule has 1 aliphatic rings. The van der Waals surface area contributed by atoms with Gasteiger partial charge < -0.3 is 29.0 Å². The van der Waals surface area contributed by atoms with Crippen LogP contribution in [0.15, 0.2) is 42.0 Å². The van der Waals surface area contributed by atoms with Gasteiger partial charge in [-0.1, -0.05) is 25.5 Å². The topological polar surface area (TPSA) is 94.5 Å². The molecule has 0 aromatic heterocycles. The summed E-state index contributed by atoms with van der Waals surface area (Å²) in [5.41, 5.74) is 1.80. The molecule has 3 rings (SSSR count). The van der Waals surface area contributed by atoms with Crippen molar-refractivity contribution in [3.05, 3.63) is 58.7 Å². The number of ether oxygens (including phenoxy) is 4. The summed E-state index contributed by atoms with van der Waals surface area (Å²) in [5.74, 6) is -0.113. The zero-order valence-electron chi connectivity index (χ0n) is 21.6. The van der Waals surface area contributed by atoms with Crippen molar-refractivity contribution in [2.24, 2.45) is 0 Å². The minimum atomic E-state index is -0.854. The van der Waals surface area contributed by atoms with Crippen LogP contribution in [-0.4, -0.2) is 62.8 Å². The second-order valence-corrected chi connectivity index (χ2v) is 8.60. The first kappa shape index (κ1) is 27.1. The van der Waals surface area contributed by atoms with Gasteiger partial charge in [0, 0.05) is 31.4 Å². The quantitative estimate of drug-likeness (QED) is 0.197. The highest BCUT2D eigenvalue weighted by molar-refractivity contribution is 6.46. The molecule has 1 saturated heterocycles. The molecule has 8 heteroatoms. The zero-order valence-corrected chi connectivity index (χ0v) is 21.6. The van der Waals surface area contributed by atoms with Crippen LogP contribution in [0, 0.1) is 6.92 Å². The molecule has 2 aromatic carbocycles. The van der Waals surface area contributed by atoms with Crippen LogP contribution in [0.2, 0.25) is 0 Å².